The van der Waals surface area contributed by atoms with Crippen LogP contribution in [-0.4, -0.2) is 23.0 Å². The van der Waals surface area contributed by atoms with E-state index in [9.17, 15) is 4.79 Å². The molecule has 0 aliphatic carbocycles. The number of nitrogens with zero attached hydrogens (tertiary/aromatic N) is 2. The second kappa shape index (κ2) is 7.33. The van der Waals surface area contributed by atoms with Crippen molar-refractivity contribution in [3.05, 3.63) is 64.8 Å². The van der Waals surface area contributed by atoms with Gasteiger partial charge in [-0.25, -0.2) is 4.98 Å². The molecule has 2 aromatic heterocycles. The van der Waals surface area contributed by atoms with E-state index >= 15 is 0 Å². The van der Waals surface area contributed by atoms with Gasteiger partial charge >= 0.3 is 0 Å². The van der Waals surface area contributed by atoms with Crippen molar-refractivity contribution in [2.75, 3.05) is 12.4 Å². The van der Waals surface area contributed by atoms with Crippen molar-refractivity contribution >= 4 is 22.9 Å². The van der Waals surface area contributed by atoms with E-state index in [0.29, 0.717) is 17.2 Å². The molecule has 3 aromatic rings. The molecule has 0 fully saturated rings. The number of methoxy groups -OCH3 is 1. The van der Waals surface area contributed by atoms with Crippen LogP contribution in [0.2, 0.25) is 0 Å². The lowest BCUT2D eigenvalue weighted by Gasteiger charge is -2.09. The highest BCUT2D eigenvalue weighted by molar-refractivity contribution is 7.17. The van der Waals surface area contributed by atoms with Gasteiger partial charge in [0.15, 0.2) is 0 Å². The maximum absolute atomic E-state index is 12.6. The van der Waals surface area contributed by atoms with Crippen LogP contribution in [-0.2, 0) is 11.3 Å². The third-order valence-electron chi connectivity index (χ3n) is 3.45. The Balaban J connectivity index is 1.85. The van der Waals surface area contributed by atoms with Crippen LogP contribution in [0.4, 0.5) is 5.69 Å². The quantitative estimate of drug-likeness (QED) is 0.765. The van der Waals surface area contributed by atoms with Gasteiger partial charge in [-0.2, -0.15) is 0 Å². The van der Waals surface area contributed by atoms with Crippen LogP contribution >= 0.6 is 11.3 Å². The molecule has 1 amide bonds. The zero-order chi connectivity index (χ0) is 16.9. The number of hydrogen-bond donors (Lipinski definition) is 1. The Bertz CT molecular complexity index is 846. The molecule has 0 radical (unpaired) electrons. The van der Waals surface area contributed by atoms with Crippen molar-refractivity contribution in [3.63, 3.8) is 0 Å². The summed E-state index contributed by atoms with van der Waals surface area (Å²) >= 11 is 1.34. The number of nitrogens with one attached hydrogen (secondary N) is 1. The number of hydrogen-bond acceptors (Lipinski definition) is 5. The summed E-state index contributed by atoms with van der Waals surface area (Å²) in [5.74, 6) is -0.171. The molecule has 3 rings (SSSR count). The largest absolute Gasteiger partial charge is 0.380 e. The first-order valence-corrected chi connectivity index (χ1v) is 8.27. The number of rotatable bonds is 5. The average molecular weight is 339 g/mol. The smallest absolute Gasteiger partial charge is 0.267 e. The highest BCUT2D eigenvalue weighted by atomic mass is 32.1. The minimum atomic E-state index is -0.171. The molecule has 0 atom stereocenters. The average Bonchev–Trinajstić information content (AvgIpc) is 3.00. The van der Waals surface area contributed by atoms with Crippen LogP contribution in [0.5, 0.6) is 0 Å². The molecule has 0 unspecified atom stereocenters. The summed E-state index contributed by atoms with van der Waals surface area (Å²) < 4.78 is 5.17. The fraction of sp³-hybridized carbons (Fsp3) is 0.167. The lowest BCUT2D eigenvalue weighted by Crippen LogP contribution is -2.13. The van der Waals surface area contributed by atoms with Crippen LogP contribution in [0, 0.1) is 6.92 Å². The first-order chi connectivity index (χ1) is 11.7. The Morgan fingerprint density at radius 2 is 2.00 bits per heavy atom. The van der Waals surface area contributed by atoms with Crippen LogP contribution in [0.1, 0.15) is 20.9 Å². The van der Waals surface area contributed by atoms with Crippen LogP contribution < -0.4 is 5.32 Å². The molecule has 1 N–H and O–H groups in total. The molecule has 122 valence electrons. The number of anilines is 1. The summed E-state index contributed by atoms with van der Waals surface area (Å²) in [6.07, 6.45) is 1.72. The van der Waals surface area contributed by atoms with Crippen LogP contribution in [0.25, 0.3) is 10.7 Å². The number of carbonyl (C=O) groups excluding carboxylic acids is 1. The predicted molar refractivity (Wildman–Crippen MR) is 95.2 cm³/mol. The first kappa shape index (κ1) is 16.3. The minimum Gasteiger partial charge on any atom is -0.380 e. The summed E-state index contributed by atoms with van der Waals surface area (Å²) in [6, 6.07) is 13.2. The molecule has 5 nitrogen and oxygen atoms in total. The lowest BCUT2D eigenvalue weighted by molar-refractivity contribution is 0.102. The van der Waals surface area contributed by atoms with Crippen molar-refractivity contribution < 1.29 is 9.53 Å². The molecular formula is C18H17N3O2S. The number of aryl methyl sites for hydroxylation is 1. The van der Waals surface area contributed by atoms with E-state index in [1.165, 1.54) is 11.3 Å². The molecule has 0 saturated carbocycles. The molecule has 0 aliphatic rings. The van der Waals surface area contributed by atoms with E-state index in [1.807, 2.05) is 49.4 Å². The number of carbonyl (C=O) groups is 1. The Hall–Kier alpha value is -2.57. The van der Waals surface area contributed by atoms with E-state index in [4.69, 9.17) is 4.74 Å². The number of benzene rings is 1. The van der Waals surface area contributed by atoms with Crippen molar-refractivity contribution in [1.29, 1.82) is 0 Å². The molecule has 0 bridgehead atoms. The normalized spacial score (nSPS) is 10.6. The Morgan fingerprint density at radius 3 is 2.75 bits per heavy atom. The second-order valence-electron chi connectivity index (χ2n) is 5.19. The highest BCUT2D eigenvalue weighted by Crippen LogP contribution is 2.27. The van der Waals surface area contributed by atoms with Gasteiger partial charge in [-0.1, -0.05) is 24.3 Å². The third kappa shape index (κ3) is 3.50. The number of ether oxygens (including phenoxy) is 1. The van der Waals surface area contributed by atoms with E-state index < -0.39 is 0 Å². The fourth-order valence-corrected chi connectivity index (χ4v) is 3.25. The van der Waals surface area contributed by atoms with Crippen molar-refractivity contribution in [2.24, 2.45) is 0 Å². The molecule has 1 aromatic carbocycles. The minimum absolute atomic E-state index is 0.171. The van der Waals surface area contributed by atoms with Gasteiger partial charge in [-0.15, -0.1) is 11.3 Å². The first-order valence-electron chi connectivity index (χ1n) is 7.46. The summed E-state index contributed by atoms with van der Waals surface area (Å²) in [6.45, 7) is 2.27. The van der Waals surface area contributed by atoms with Gasteiger partial charge in [0.25, 0.3) is 5.91 Å². The molecular weight excluding hydrogens is 322 g/mol. The molecule has 24 heavy (non-hydrogen) atoms. The SMILES string of the molecule is COCc1ccccc1NC(=O)c1sc(-c2ccccn2)nc1C. The van der Waals surface area contributed by atoms with Crippen LogP contribution in [0.3, 0.4) is 0 Å². The van der Waals surface area contributed by atoms with Gasteiger partial charge in [0, 0.05) is 24.6 Å². The van der Waals surface area contributed by atoms with Gasteiger partial charge in [0.05, 0.1) is 18.0 Å². The van der Waals surface area contributed by atoms with Gasteiger partial charge in [-0.3, -0.25) is 9.78 Å². The molecule has 6 heteroatoms. The number of amides is 1. The van der Waals surface area contributed by atoms with Gasteiger partial charge < -0.3 is 10.1 Å². The number of para-hydroxylation sites is 1. The Morgan fingerprint density at radius 1 is 1.21 bits per heavy atom. The number of thiazole rings is 1. The van der Waals surface area contributed by atoms with E-state index in [-0.39, 0.29) is 5.91 Å². The summed E-state index contributed by atoms with van der Waals surface area (Å²) in [5.41, 5.74) is 3.14. The second-order valence-corrected chi connectivity index (χ2v) is 6.19. The maximum Gasteiger partial charge on any atom is 0.267 e. The summed E-state index contributed by atoms with van der Waals surface area (Å²) in [4.78, 5) is 22.0. The summed E-state index contributed by atoms with van der Waals surface area (Å²) in [5, 5.41) is 3.69. The summed E-state index contributed by atoms with van der Waals surface area (Å²) in [7, 11) is 1.63. The fourth-order valence-electron chi connectivity index (χ4n) is 2.31. The predicted octanol–water partition coefficient (Wildman–Crippen LogP) is 3.91. The van der Waals surface area contributed by atoms with Gasteiger partial charge in [0.1, 0.15) is 9.88 Å². The standard InChI is InChI=1S/C18H17N3O2S/c1-12-16(24-18(20-12)15-9-5-6-10-19-15)17(22)21-14-8-4-3-7-13(14)11-23-2/h3-10H,11H2,1-2H3,(H,21,22). The van der Waals surface area contributed by atoms with Crippen molar-refractivity contribution in [1.82, 2.24) is 9.97 Å². The van der Waals surface area contributed by atoms with Crippen LogP contribution in [0.15, 0.2) is 48.7 Å². The molecule has 0 spiro atoms. The topological polar surface area (TPSA) is 64.1 Å². The third-order valence-corrected chi connectivity index (χ3v) is 4.63. The zero-order valence-corrected chi connectivity index (χ0v) is 14.3. The zero-order valence-electron chi connectivity index (χ0n) is 13.4. The number of aromatic nitrogens is 2. The van der Waals surface area contributed by atoms with Crippen molar-refractivity contribution in [3.8, 4) is 10.7 Å². The lowest BCUT2D eigenvalue weighted by atomic mass is 10.2. The van der Waals surface area contributed by atoms with Gasteiger partial charge in [-0.05, 0) is 25.1 Å². The monoisotopic (exact) mass is 339 g/mol. The molecule has 0 aliphatic heterocycles. The van der Waals surface area contributed by atoms with E-state index in [0.717, 1.165) is 22.0 Å². The number of pyridine rings is 1. The molecule has 2 heterocycles. The maximum atomic E-state index is 12.6. The van der Waals surface area contributed by atoms with E-state index in [2.05, 4.69) is 15.3 Å². The Kier molecular flexibility index (Phi) is 4.98. The molecule has 0 saturated heterocycles. The highest BCUT2D eigenvalue weighted by Gasteiger charge is 2.17. The van der Waals surface area contributed by atoms with E-state index in [1.54, 1.807) is 13.3 Å². The van der Waals surface area contributed by atoms with Crippen molar-refractivity contribution in [2.45, 2.75) is 13.5 Å². The van der Waals surface area contributed by atoms with Gasteiger partial charge in [0.2, 0.25) is 0 Å². The Labute approximate surface area is 144 Å².